The summed E-state index contributed by atoms with van der Waals surface area (Å²) >= 11 is 9.49. The van der Waals surface area contributed by atoms with Crippen LogP contribution in [0, 0.1) is 0 Å². The average molecular weight is 596 g/mol. The van der Waals surface area contributed by atoms with Crippen molar-refractivity contribution in [2.75, 3.05) is 28.7 Å². The molecule has 2 N–H and O–H groups in total. The highest BCUT2D eigenvalue weighted by Gasteiger charge is 2.27. The van der Waals surface area contributed by atoms with E-state index in [1.54, 1.807) is 48.5 Å². The predicted octanol–water partition coefficient (Wildman–Crippen LogP) is 5.66. The molecule has 10 heteroatoms. The number of fused-ring (bicyclic) bond motifs is 1. The number of hydrogen-bond acceptors (Lipinski definition) is 5. The number of aromatic nitrogens is 1. The topological polar surface area (TPSA) is 101 Å². The number of carbonyl (C=O) groups is 3. The largest absolute Gasteiger partial charge is 0.447 e. The van der Waals surface area contributed by atoms with E-state index in [0.717, 1.165) is 10.8 Å². The van der Waals surface area contributed by atoms with Crippen LogP contribution >= 0.6 is 27.5 Å². The average Bonchev–Trinajstić information content (AvgIpc) is 2.94. The Hall–Kier alpha value is -3.95. The van der Waals surface area contributed by atoms with Gasteiger partial charge in [-0.15, -0.1) is 0 Å². The Morgan fingerprint density at radius 1 is 0.974 bits per heavy atom. The molecule has 0 aliphatic carbocycles. The van der Waals surface area contributed by atoms with Gasteiger partial charge >= 0.3 is 6.09 Å². The predicted molar refractivity (Wildman–Crippen MR) is 152 cm³/mol. The molecule has 3 aromatic carbocycles. The molecule has 4 rings (SSSR count). The zero-order chi connectivity index (χ0) is 26.9. The van der Waals surface area contributed by atoms with Crippen LogP contribution in [0.2, 0.25) is 5.02 Å². The summed E-state index contributed by atoms with van der Waals surface area (Å²) < 4.78 is 5.41. The molecule has 38 heavy (non-hydrogen) atoms. The van der Waals surface area contributed by atoms with E-state index in [2.05, 4.69) is 31.5 Å². The number of amides is 3. The summed E-state index contributed by atoms with van der Waals surface area (Å²) in [6, 6.07) is 24.0. The number of pyridine rings is 1. The van der Waals surface area contributed by atoms with Gasteiger partial charge in [-0.1, -0.05) is 76.1 Å². The summed E-state index contributed by atoms with van der Waals surface area (Å²) in [6.45, 7) is -0.0663. The number of nitrogens with one attached hydrogen (secondary N) is 2. The third-order valence-electron chi connectivity index (χ3n) is 5.62. The van der Waals surface area contributed by atoms with Crippen LogP contribution in [0.15, 0.2) is 91.1 Å². The van der Waals surface area contributed by atoms with Crippen molar-refractivity contribution in [1.82, 2.24) is 10.3 Å². The minimum absolute atomic E-state index is 0.0328. The molecule has 8 nitrogen and oxygen atoms in total. The lowest BCUT2D eigenvalue weighted by molar-refractivity contribution is -0.120. The molecule has 4 aromatic rings. The van der Waals surface area contributed by atoms with Crippen molar-refractivity contribution in [3.05, 3.63) is 102 Å². The summed E-state index contributed by atoms with van der Waals surface area (Å²) in [4.78, 5) is 44.2. The summed E-state index contributed by atoms with van der Waals surface area (Å²) in [5.41, 5.74) is 1.31. The highest BCUT2D eigenvalue weighted by atomic mass is 79.9. The quantitative estimate of drug-likeness (QED) is 0.243. The number of nitrogens with zero attached hydrogens (tertiary/aromatic N) is 2. The van der Waals surface area contributed by atoms with Gasteiger partial charge in [-0.2, -0.15) is 0 Å². The fourth-order valence-corrected chi connectivity index (χ4v) is 4.43. The molecule has 0 saturated heterocycles. The van der Waals surface area contributed by atoms with Gasteiger partial charge in [0.15, 0.2) is 0 Å². The minimum atomic E-state index is -0.909. The van der Waals surface area contributed by atoms with Gasteiger partial charge in [0, 0.05) is 27.6 Å². The van der Waals surface area contributed by atoms with E-state index in [1.807, 2.05) is 36.4 Å². The van der Waals surface area contributed by atoms with E-state index in [4.69, 9.17) is 16.3 Å². The van der Waals surface area contributed by atoms with Crippen LogP contribution in [0.5, 0.6) is 0 Å². The van der Waals surface area contributed by atoms with Gasteiger partial charge in [-0.3, -0.25) is 19.9 Å². The molecule has 0 aliphatic rings. The van der Waals surface area contributed by atoms with E-state index >= 15 is 0 Å². The van der Waals surface area contributed by atoms with Gasteiger partial charge in [-0.05, 0) is 41.8 Å². The molecule has 0 fully saturated rings. The summed E-state index contributed by atoms with van der Waals surface area (Å²) in [5.74, 6) is -0.897. The van der Waals surface area contributed by atoms with Crippen molar-refractivity contribution in [3.63, 3.8) is 0 Å². The Kier molecular flexibility index (Phi) is 9.29. The fraction of sp³-hybridized carbons (Fsp3) is 0.143. The normalized spacial score (nSPS) is 11.4. The highest BCUT2D eigenvalue weighted by Crippen LogP contribution is 2.23. The zero-order valence-corrected chi connectivity index (χ0v) is 22.5. The molecule has 194 valence electrons. The maximum Gasteiger partial charge on any atom is 0.411 e. The summed E-state index contributed by atoms with van der Waals surface area (Å²) in [7, 11) is 0. The molecular weight excluding hydrogens is 572 g/mol. The molecule has 0 spiro atoms. The number of carbonyl (C=O) groups excluding carboxylic acids is 3. The lowest BCUT2D eigenvalue weighted by Gasteiger charge is -2.27. The second kappa shape index (κ2) is 13.0. The van der Waals surface area contributed by atoms with Crippen molar-refractivity contribution in [3.8, 4) is 0 Å². The van der Waals surface area contributed by atoms with Gasteiger partial charge in [0.25, 0.3) is 11.8 Å². The molecular formula is C28H24BrClN4O4. The van der Waals surface area contributed by atoms with Crippen LogP contribution in [-0.2, 0) is 9.53 Å². The fourth-order valence-electron chi connectivity index (χ4n) is 3.80. The Labute approximate surface area is 233 Å². The maximum atomic E-state index is 13.5. The van der Waals surface area contributed by atoms with Gasteiger partial charge < -0.3 is 15.0 Å². The van der Waals surface area contributed by atoms with Crippen LogP contribution in [0.3, 0.4) is 0 Å². The third-order valence-corrected chi connectivity index (χ3v) is 6.50. The first kappa shape index (κ1) is 27.1. The van der Waals surface area contributed by atoms with Crippen molar-refractivity contribution in [2.24, 2.45) is 0 Å². The van der Waals surface area contributed by atoms with Crippen LogP contribution in [0.4, 0.5) is 16.2 Å². The van der Waals surface area contributed by atoms with Crippen molar-refractivity contribution in [2.45, 2.75) is 6.04 Å². The van der Waals surface area contributed by atoms with Crippen LogP contribution in [-0.4, -0.2) is 47.4 Å². The number of ether oxygens (including phenoxy) is 1. The Morgan fingerprint density at radius 3 is 2.50 bits per heavy atom. The van der Waals surface area contributed by atoms with E-state index in [9.17, 15) is 14.4 Å². The molecule has 0 saturated carbocycles. The molecule has 1 unspecified atom stereocenters. The molecule has 0 aliphatic heterocycles. The molecule has 0 bridgehead atoms. The van der Waals surface area contributed by atoms with Gasteiger partial charge in [0.05, 0.1) is 12.2 Å². The Morgan fingerprint density at radius 2 is 1.74 bits per heavy atom. The molecule has 0 radical (unpaired) electrons. The smallest absolute Gasteiger partial charge is 0.411 e. The molecule has 1 atom stereocenters. The number of rotatable bonds is 9. The van der Waals surface area contributed by atoms with E-state index in [0.29, 0.717) is 16.4 Å². The maximum absolute atomic E-state index is 13.5. The number of benzene rings is 3. The zero-order valence-electron chi connectivity index (χ0n) is 20.1. The van der Waals surface area contributed by atoms with Crippen LogP contribution < -0.4 is 15.5 Å². The van der Waals surface area contributed by atoms with Crippen molar-refractivity contribution < 1.29 is 19.1 Å². The number of hydrogen-bond donors (Lipinski definition) is 2. The number of halogens is 2. The van der Waals surface area contributed by atoms with Crippen LogP contribution in [0.25, 0.3) is 10.8 Å². The second-order valence-electron chi connectivity index (χ2n) is 8.15. The lowest BCUT2D eigenvalue weighted by Crippen LogP contribution is -2.51. The summed E-state index contributed by atoms with van der Waals surface area (Å²) in [6.07, 6.45) is 0.846. The number of anilines is 2. The van der Waals surface area contributed by atoms with Crippen molar-refractivity contribution >= 4 is 67.6 Å². The van der Waals surface area contributed by atoms with Crippen molar-refractivity contribution in [1.29, 1.82) is 0 Å². The first-order valence-corrected chi connectivity index (χ1v) is 13.2. The third kappa shape index (κ3) is 6.87. The van der Waals surface area contributed by atoms with Gasteiger partial charge in [0.1, 0.15) is 18.3 Å². The highest BCUT2D eigenvalue weighted by molar-refractivity contribution is 9.09. The Balaban J connectivity index is 1.44. The van der Waals surface area contributed by atoms with Gasteiger partial charge in [-0.25, -0.2) is 4.79 Å². The standard InChI is InChI=1S/C28H24BrClN4O4/c29-18-25(32-26(35)24-12-3-4-14-31-24)27(36)34(21-10-6-9-20(30)17-21)15-16-38-28(37)33-23-13-5-8-19-7-1-2-11-22(19)23/h1-14,17,25H,15-16,18H2,(H,32,35)(H,33,37). The van der Waals surface area contributed by atoms with Gasteiger partial charge in [0.2, 0.25) is 0 Å². The Bertz CT molecular complexity index is 1430. The summed E-state index contributed by atoms with van der Waals surface area (Å²) in [5, 5.41) is 7.92. The second-order valence-corrected chi connectivity index (χ2v) is 9.24. The monoisotopic (exact) mass is 594 g/mol. The molecule has 1 heterocycles. The minimum Gasteiger partial charge on any atom is -0.447 e. The SMILES string of the molecule is O=C(Nc1cccc2ccccc12)OCCN(C(=O)C(CBr)NC(=O)c1ccccn1)c1cccc(Cl)c1. The molecule has 1 aromatic heterocycles. The molecule has 3 amide bonds. The van der Waals surface area contributed by atoms with E-state index < -0.39 is 23.9 Å². The number of alkyl halides is 1. The first-order valence-electron chi connectivity index (χ1n) is 11.7. The van der Waals surface area contributed by atoms with E-state index in [-0.39, 0.29) is 24.2 Å². The lowest BCUT2D eigenvalue weighted by atomic mass is 10.1. The van der Waals surface area contributed by atoms with Crippen LogP contribution in [0.1, 0.15) is 10.5 Å². The first-order chi connectivity index (χ1) is 18.5. The van der Waals surface area contributed by atoms with E-state index in [1.165, 1.54) is 11.1 Å².